The van der Waals surface area contributed by atoms with Crippen molar-refractivity contribution in [3.8, 4) is 16.9 Å². The first kappa shape index (κ1) is 12.9. The minimum absolute atomic E-state index is 0.630. The van der Waals surface area contributed by atoms with Gasteiger partial charge in [0.05, 0.1) is 11.4 Å². The highest BCUT2D eigenvalue weighted by atomic mass is 79.9. The van der Waals surface area contributed by atoms with E-state index in [2.05, 4.69) is 34.0 Å². The Bertz CT molecular complexity index is 762. The maximum absolute atomic E-state index is 6.11. The summed E-state index contributed by atoms with van der Waals surface area (Å²) < 4.78 is 2.79. The third-order valence-corrected chi connectivity index (χ3v) is 3.92. The molecule has 2 aromatic carbocycles. The first-order chi connectivity index (χ1) is 9.66. The summed E-state index contributed by atoms with van der Waals surface area (Å²) in [6.45, 7) is 2.05. The molecule has 0 amide bonds. The number of nitrogen functional groups attached to an aromatic ring is 1. The fourth-order valence-electron chi connectivity index (χ4n) is 2.19. The molecule has 0 aliphatic carbocycles. The number of halogens is 1. The van der Waals surface area contributed by atoms with Crippen molar-refractivity contribution in [3.63, 3.8) is 0 Å². The third kappa shape index (κ3) is 2.23. The second-order valence-corrected chi connectivity index (χ2v) is 5.49. The highest BCUT2D eigenvalue weighted by Gasteiger charge is 2.11. The van der Waals surface area contributed by atoms with E-state index in [0.29, 0.717) is 5.82 Å². The molecule has 0 aliphatic heterocycles. The van der Waals surface area contributed by atoms with E-state index in [0.717, 1.165) is 27.0 Å². The molecule has 2 N–H and O–H groups in total. The molecule has 0 aliphatic rings. The molecule has 3 rings (SSSR count). The zero-order chi connectivity index (χ0) is 14.1. The fourth-order valence-corrected chi connectivity index (χ4v) is 2.68. The second kappa shape index (κ2) is 5.13. The Labute approximate surface area is 126 Å². The van der Waals surface area contributed by atoms with Crippen LogP contribution >= 0.6 is 15.9 Å². The Hall–Kier alpha value is -2.07. The fraction of sp³-hybridized carbons (Fsp3) is 0.0625. The van der Waals surface area contributed by atoms with Gasteiger partial charge in [-0.05, 0) is 24.6 Å². The van der Waals surface area contributed by atoms with Crippen LogP contribution in [0.3, 0.4) is 0 Å². The topological polar surface area (TPSA) is 43.8 Å². The van der Waals surface area contributed by atoms with Gasteiger partial charge in [0.25, 0.3) is 0 Å². The molecule has 0 atom stereocenters. The van der Waals surface area contributed by atoms with E-state index in [9.17, 15) is 0 Å². The standard InChI is InChI=1S/C16H14BrN3/c1-11-6-2-5-9-15(11)20-16(18)10-14(19-20)12-7-3-4-8-13(12)17/h2-10H,18H2,1H3. The summed E-state index contributed by atoms with van der Waals surface area (Å²) >= 11 is 3.55. The number of anilines is 1. The molecular formula is C16H14BrN3. The summed E-state index contributed by atoms with van der Waals surface area (Å²) in [5, 5.41) is 4.63. The van der Waals surface area contributed by atoms with Gasteiger partial charge in [-0.3, -0.25) is 0 Å². The van der Waals surface area contributed by atoms with Crippen molar-refractivity contribution < 1.29 is 0 Å². The first-order valence-electron chi connectivity index (χ1n) is 6.33. The summed E-state index contributed by atoms with van der Waals surface area (Å²) in [4.78, 5) is 0. The predicted octanol–water partition coefficient (Wildman–Crippen LogP) is 4.19. The number of rotatable bonds is 2. The Morgan fingerprint density at radius 1 is 1.05 bits per heavy atom. The largest absolute Gasteiger partial charge is 0.384 e. The monoisotopic (exact) mass is 327 g/mol. The summed E-state index contributed by atoms with van der Waals surface area (Å²) in [5.41, 5.74) is 10.2. The van der Waals surface area contributed by atoms with Crippen molar-refractivity contribution in [2.75, 3.05) is 5.73 Å². The quantitative estimate of drug-likeness (QED) is 0.766. The van der Waals surface area contributed by atoms with Crippen LogP contribution in [0.4, 0.5) is 5.82 Å². The normalized spacial score (nSPS) is 10.7. The highest BCUT2D eigenvalue weighted by molar-refractivity contribution is 9.10. The molecular weight excluding hydrogens is 314 g/mol. The van der Waals surface area contributed by atoms with Crippen molar-refractivity contribution in [2.45, 2.75) is 6.92 Å². The molecule has 0 fully saturated rings. The number of aryl methyl sites for hydroxylation is 1. The summed E-state index contributed by atoms with van der Waals surface area (Å²) in [6, 6.07) is 17.9. The van der Waals surface area contributed by atoms with E-state index >= 15 is 0 Å². The lowest BCUT2D eigenvalue weighted by molar-refractivity contribution is 0.887. The van der Waals surface area contributed by atoms with Crippen LogP contribution in [0.1, 0.15) is 5.56 Å². The molecule has 0 saturated heterocycles. The molecule has 100 valence electrons. The Balaban J connectivity index is 2.13. The minimum Gasteiger partial charge on any atom is -0.384 e. The van der Waals surface area contributed by atoms with Gasteiger partial charge < -0.3 is 5.73 Å². The zero-order valence-electron chi connectivity index (χ0n) is 11.0. The number of benzene rings is 2. The smallest absolute Gasteiger partial charge is 0.127 e. The summed E-state index contributed by atoms with van der Waals surface area (Å²) in [6.07, 6.45) is 0. The Morgan fingerprint density at radius 3 is 2.50 bits per heavy atom. The van der Waals surface area contributed by atoms with Crippen molar-refractivity contribution in [2.24, 2.45) is 0 Å². The molecule has 3 aromatic rings. The number of nitrogens with two attached hydrogens (primary N) is 1. The zero-order valence-corrected chi connectivity index (χ0v) is 12.6. The van der Waals surface area contributed by atoms with Gasteiger partial charge in [-0.2, -0.15) is 5.10 Å². The predicted molar refractivity (Wildman–Crippen MR) is 85.8 cm³/mol. The van der Waals surface area contributed by atoms with Crippen LogP contribution in [0, 0.1) is 6.92 Å². The highest BCUT2D eigenvalue weighted by Crippen LogP contribution is 2.29. The number of hydrogen-bond donors (Lipinski definition) is 1. The minimum atomic E-state index is 0.630. The number of aromatic nitrogens is 2. The Kier molecular flexibility index (Phi) is 3.32. The van der Waals surface area contributed by atoms with Gasteiger partial charge in [-0.25, -0.2) is 4.68 Å². The number of nitrogens with zero attached hydrogens (tertiary/aromatic N) is 2. The van der Waals surface area contributed by atoms with Crippen LogP contribution in [0.5, 0.6) is 0 Å². The van der Waals surface area contributed by atoms with E-state index in [4.69, 9.17) is 5.73 Å². The van der Waals surface area contributed by atoms with Crippen LogP contribution in [-0.4, -0.2) is 9.78 Å². The summed E-state index contributed by atoms with van der Waals surface area (Å²) in [7, 11) is 0. The van der Waals surface area contributed by atoms with Gasteiger partial charge in [0.1, 0.15) is 5.82 Å². The van der Waals surface area contributed by atoms with E-state index < -0.39 is 0 Å². The van der Waals surface area contributed by atoms with Crippen LogP contribution in [0.15, 0.2) is 59.1 Å². The van der Waals surface area contributed by atoms with Crippen molar-refractivity contribution in [1.82, 2.24) is 9.78 Å². The van der Waals surface area contributed by atoms with E-state index in [1.807, 2.05) is 48.5 Å². The van der Waals surface area contributed by atoms with Gasteiger partial charge in [0.2, 0.25) is 0 Å². The maximum atomic E-state index is 6.11. The molecule has 3 nitrogen and oxygen atoms in total. The van der Waals surface area contributed by atoms with E-state index in [-0.39, 0.29) is 0 Å². The molecule has 1 aromatic heterocycles. The van der Waals surface area contributed by atoms with Gasteiger partial charge in [0, 0.05) is 16.1 Å². The van der Waals surface area contributed by atoms with Gasteiger partial charge in [-0.15, -0.1) is 0 Å². The van der Waals surface area contributed by atoms with E-state index in [1.54, 1.807) is 4.68 Å². The molecule has 0 saturated carbocycles. The molecule has 20 heavy (non-hydrogen) atoms. The number of para-hydroxylation sites is 1. The van der Waals surface area contributed by atoms with Crippen molar-refractivity contribution >= 4 is 21.7 Å². The van der Waals surface area contributed by atoms with Gasteiger partial charge >= 0.3 is 0 Å². The molecule has 0 spiro atoms. The van der Waals surface area contributed by atoms with Gasteiger partial charge in [0.15, 0.2) is 0 Å². The molecule has 0 unspecified atom stereocenters. The maximum Gasteiger partial charge on any atom is 0.127 e. The molecule has 4 heteroatoms. The lowest BCUT2D eigenvalue weighted by atomic mass is 10.1. The molecule has 0 bridgehead atoms. The van der Waals surface area contributed by atoms with Crippen LogP contribution in [-0.2, 0) is 0 Å². The van der Waals surface area contributed by atoms with Crippen LogP contribution in [0.2, 0.25) is 0 Å². The average molecular weight is 328 g/mol. The Morgan fingerprint density at radius 2 is 1.75 bits per heavy atom. The summed E-state index contributed by atoms with van der Waals surface area (Å²) in [5.74, 6) is 0.630. The molecule has 1 heterocycles. The lowest BCUT2D eigenvalue weighted by Gasteiger charge is -2.07. The number of hydrogen-bond acceptors (Lipinski definition) is 2. The third-order valence-electron chi connectivity index (χ3n) is 3.23. The van der Waals surface area contributed by atoms with Gasteiger partial charge in [-0.1, -0.05) is 52.3 Å². The van der Waals surface area contributed by atoms with Crippen molar-refractivity contribution in [1.29, 1.82) is 0 Å². The van der Waals surface area contributed by atoms with Crippen LogP contribution in [0.25, 0.3) is 16.9 Å². The van der Waals surface area contributed by atoms with E-state index in [1.165, 1.54) is 0 Å². The SMILES string of the molecule is Cc1ccccc1-n1nc(-c2ccccc2Br)cc1N. The van der Waals surface area contributed by atoms with Crippen molar-refractivity contribution in [3.05, 3.63) is 64.6 Å². The lowest BCUT2D eigenvalue weighted by Crippen LogP contribution is -2.03. The van der Waals surface area contributed by atoms with Crippen LogP contribution < -0.4 is 5.73 Å². The first-order valence-corrected chi connectivity index (χ1v) is 7.12. The second-order valence-electron chi connectivity index (χ2n) is 4.63. The molecule has 0 radical (unpaired) electrons. The average Bonchev–Trinajstić information content (AvgIpc) is 2.81.